The van der Waals surface area contributed by atoms with Gasteiger partial charge in [0.15, 0.2) is 5.83 Å². The van der Waals surface area contributed by atoms with Crippen molar-refractivity contribution < 1.29 is 13.2 Å². The molecule has 0 spiro atoms. The van der Waals surface area contributed by atoms with Crippen LogP contribution >= 0.6 is 0 Å². The highest BCUT2D eigenvalue weighted by Gasteiger charge is 2.21. The van der Waals surface area contributed by atoms with E-state index in [1.807, 2.05) is 32.2 Å². The van der Waals surface area contributed by atoms with Crippen molar-refractivity contribution in [3.8, 4) is 0 Å². The molecule has 29 heavy (non-hydrogen) atoms. The fraction of sp³-hybridized carbons (Fsp3) is 0.136. The van der Waals surface area contributed by atoms with Crippen LogP contribution in [0.2, 0.25) is 0 Å². The molecule has 7 heteroatoms. The molecule has 0 saturated heterocycles. The van der Waals surface area contributed by atoms with Gasteiger partial charge in [0.1, 0.15) is 11.6 Å². The van der Waals surface area contributed by atoms with Crippen molar-refractivity contribution >= 4 is 22.5 Å². The molecule has 4 nitrogen and oxygen atoms in total. The second-order valence-corrected chi connectivity index (χ2v) is 7.03. The van der Waals surface area contributed by atoms with Crippen LogP contribution in [-0.4, -0.2) is 15.8 Å². The molecule has 2 heterocycles. The Morgan fingerprint density at radius 1 is 1.07 bits per heavy atom. The van der Waals surface area contributed by atoms with Crippen LogP contribution < -0.4 is 5.32 Å². The van der Waals surface area contributed by atoms with E-state index in [0.29, 0.717) is 17.2 Å². The van der Waals surface area contributed by atoms with Crippen molar-refractivity contribution in [2.24, 2.45) is 4.99 Å². The average Bonchev–Trinajstić information content (AvgIpc) is 3.13. The molecule has 2 aromatic carbocycles. The van der Waals surface area contributed by atoms with Crippen LogP contribution in [0.15, 0.2) is 65.8 Å². The Balaban J connectivity index is 1.79. The summed E-state index contributed by atoms with van der Waals surface area (Å²) >= 11 is 0. The van der Waals surface area contributed by atoms with Crippen LogP contribution in [0.1, 0.15) is 16.7 Å². The van der Waals surface area contributed by atoms with Gasteiger partial charge in [-0.15, -0.1) is 0 Å². The first kappa shape index (κ1) is 18.9. The van der Waals surface area contributed by atoms with Crippen LogP contribution in [0.3, 0.4) is 0 Å². The molecule has 1 aliphatic heterocycles. The number of nitrogens with zero attached hydrogens (tertiary/aromatic N) is 2. The quantitative estimate of drug-likeness (QED) is 0.616. The van der Waals surface area contributed by atoms with Crippen molar-refractivity contribution in [1.29, 1.82) is 0 Å². The molecule has 0 amide bonds. The van der Waals surface area contributed by atoms with E-state index >= 15 is 0 Å². The second kappa shape index (κ2) is 7.16. The van der Waals surface area contributed by atoms with Gasteiger partial charge in [0.25, 0.3) is 0 Å². The summed E-state index contributed by atoms with van der Waals surface area (Å²) in [5, 5.41) is 3.76. The van der Waals surface area contributed by atoms with Crippen LogP contribution in [0.5, 0.6) is 0 Å². The Hall–Kier alpha value is -3.48. The predicted molar refractivity (Wildman–Crippen MR) is 108 cm³/mol. The maximum Gasteiger partial charge on any atom is 0.208 e. The summed E-state index contributed by atoms with van der Waals surface area (Å²) in [6, 6.07) is 7.06. The normalized spacial score (nSPS) is 15.8. The first-order chi connectivity index (χ1) is 13.8. The maximum absolute atomic E-state index is 14.2. The third kappa shape index (κ3) is 3.63. The number of aryl methyl sites for hydroxylation is 2. The van der Waals surface area contributed by atoms with Gasteiger partial charge in [-0.1, -0.05) is 6.58 Å². The van der Waals surface area contributed by atoms with E-state index in [-0.39, 0.29) is 12.2 Å². The summed E-state index contributed by atoms with van der Waals surface area (Å²) in [5.74, 6) is -1.65. The zero-order valence-corrected chi connectivity index (χ0v) is 16.0. The lowest BCUT2D eigenvalue weighted by atomic mass is 10.1. The van der Waals surface area contributed by atoms with Crippen molar-refractivity contribution in [2.45, 2.75) is 20.4 Å². The Kier molecular flexibility index (Phi) is 4.66. The lowest BCUT2D eigenvalue weighted by molar-refractivity contribution is 0.478. The molecule has 0 unspecified atom stereocenters. The fourth-order valence-corrected chi connectivity index (χ4v) is 3.34. The number of H-pyrrole nitrogens is 1. The first-order valence-corrected chi connectivity index (χ1v) is 9.03. The molecular formula is C22H19F3N4. The molecule has 0 bridgehead atoms. The number of rotatable bonds is 3. The van der Waals surface area contributed by atoms with Gasteiger partial charge in [-0.3, -0.25) is 0 Å². The minimum absolute atomic E-state index is 0.0301. The van der Waals surface area contributed by atoms with Crippen molar-refractivity contribution in [3.63, 3.8) is 0 Å². The highest BCUT2D eigenvalue weighted by molar-refractivity contribution is 5.97. The Morgan fingerprint density at radius 2 is 1.79 bits per heavy atom. The number of nitrogens with one attached hydrogen (secondary N) is 2. The van der Waals surface area contributed by atoms with Gasteiger partial charge in [-0.05, 0) is 54.8 Å². The van der Waals surface area contributed by atoms with E-state index in [2.05, 4.69) is 21.9 Å². The maximum atomic E-state index is 14.2. The molecule has 4 rings (SSSR count). The zero-order chi connectivity index (χ0) is 20.7. The van der Waals surface area contributed by atoms with Crippen LogP contribution in [0.25, 0.3) is 10.9 Å². The standard InChI is InChI=1S/C22H19F3N4/c1-12-6-20(18-4-5-26-21(18)13(12)2)28-22-27-14(3)19(25)11-29(22)10-15-7-16(23)9-17(24)8-15/h4-9,11,26H,3,10H2,1-2H3,(H,27,28). The predicted octanol–water partition coefficient (Wildman–Crippen LogP) is 5.48. The summed E-state index contributed by atoms with van der Waals surface area (Å²) in [6.45, 7) is 7.69. The van der Waals surface area contributed by atoms with Crippen molar-refractivity contribution in [3.05, 3.63) is 89.2 Å². The average molecular weight is 396 g/mol. The third-order valence-corrected chi connectivity index (χ3v) is 4.94. The van der Waals surface area contributed by atoms with E-state index in [1.54, 1.807) is 0 Å². The SMILES string of the molecule is C=C1NC(=Nc2cc(C)c(C)c3[nH]ccc23)N(Cc2cc(F)cc(F)c2)C=C1F. The van der Waals surface area contributed by atoms with Crippen molar-refractivity contribution in [2.75, 3.05) is 0 Å². The smallest absolute Gasteiger partial charge is 0.208 e. The highest BCUT2D eigenvalue weighted by Crippen LogP contribution is 2.31. The molecule has 0 fully saturated rings. The van der Waals surface area contributed by atoms with Crippen LogP contribution in [0.4, 0.5) is 18.9 Å². The van der Waals surface area contributed by atoms with Gasteiger partial charge in [-0.25, -0.2) is 18.2 Å². The number of halogens is 3. The number of aromatic amines is 1. The molecule has 1 aromatic heterocycles. The molecule has 0 aliphatic carbocycles. The Morgan fingerprint density at radius 3 is 2.52 bits per heavy atom. The minimum Gasteiger partial charge on any atom is -0.361 e. The monoisotopic (exact) mass is 396 g/mol. The second-order valence-electron chi connectivity index (χ2n) is 7.03. The van der Waals surface area contributed by atoms with Gasteiger partial charge in [0, 0.05) is 23.8 Å². The number of aromatic nitrogens is 1. The van der Waals surface area contributed by atoms with E-state index in [0.717, 1.165) is 28.1 Å². The first-order valence-electron chi connectivity index (χ1n) is 9.03. The van der Waals surface area contributed by atoms with Gasteiger partial charge < -0.3 is 15.2 Å². The van der Waals surface area contributed by atoms with E-state index in [1.165, 1.54) is 23.2 Å². The molecule has 0 atom stereocenters. The van der Waals surface area contributed by atoms with Gasteiger partial charge >= 0.3 is 0 Å². The number of fused-ring (bicyclic) bond motifs is 1. The van der Waals surface area contributed by atoms with Crippen LogP contribution in [0, 0.1) is 25.5 Å². The molecule has 1 aliphatic rings. The largest absolute Gasteiger partial charge is 0.361 e. The molecular weight excluding hydrogens is 377 g/mol. The van der Waals surface area contributed by atoms with E-state index < -0.39 is 17.5 Å². The van der Waals surface area contributed by atoms with Crippen LogP contribution in [-0.2, 0) is 6.54 Å². The zero-order valence-electron chi connectivity index (χ0n) is 16.0. The summed E-state index contributed by atoms with van der Waals surface area (Å²) < 4.78 is 41.3. The molecule has 2 N–H and O–H groups in total. The summed E-state index contributed by atoms with van der Waals surface area (Å²) in [4.78, 5) is 9.35. The van der Waals surface area contributed by atoms with Gasteiger partial charge in [-0.2, -0.15) is 0 Å². The molecule has 0 radical (unpaired) electrons. The Bertz CT molecular complexity index is 1170. The number of hydrogen-bond acceptors (Lipinski definition) is 1. The van der Waals surface area contributed by atoms with Gasteiger partial charge in [0.2, 0.25) is 5.96 Å². The number of guanidine groups is 1. The van der Waals surface area contributed by atoms with Crippen molar-refractivity contribution in [1.82, 2.24) is 15.2 Å². The molecule has 148 valence electrons. The molecule has 3 aromatic rings. The molecule has 0 saturated carbocycles. The highest BCUT2D eigenvalue weighted by atomic mass is 19.1. The lowest BCUT2D eigenvalue weighted by Crippen LogP contribution is -2.40. The topological polar surface area (TPSA) is 43.4 Å². The number of allylic oxidation sites excluding steroid dienone is 1. The van der Waals surface area contributed by atoms with Gasteiger partial charge in [0.05, 0.1) is 23.4 Å². The third-order valence-electron chi connectivity index (χ3n) is 4.94. The minimum atomic E-state index is -0.694. The number of hydrogen-bond donors (Lipinski definition) is 2. The number of benzene rings is 2. The van der Waals surface area contributed by atoms with E-state index in [4.69, 9.17) is 0 Å². The number of aliphatic imine (C=N–C) groups is 1. The van der Waals surface area contributed by atoms with E-state index in [9.17, 15) is 13.2 Å². The summed E-state index contributed by atoms with van der Waals surface area (Å²) in [7, 11) is 0. The summed E-state index contributed by atoms with van der Waals surface area (Å²) in [6.07, 6.45) is 3.05. The fourth-order valence-electron chi connectivity index (χ4n) is 3.34. The summed E-state index contributed by atoms with van der Waals surface area (Å²) in [5.41, 5.74) is 4.24. The Labute approximate surface area is 166 Å². The lowest BCUT2D eigenvalue weighted by Gasteiger charge is -2.28.